The monoisotopic (exact) mass is 435 g/mol. The molecular weight excluding hydrogens is 414 g/mol. The lowest BCUT2D eigenvalue weighted by atomic mass is 10.1. The summed E-state index contributed by atoms with van der Waals surface area (Å²) in [5.41, 5.74) is 1.74. The smallest absolute Gasteiger partial charge is 0.300 e. The summed E-state index contributed by atoms with van der Waals surface area (Å²) in [6.07, 6.45) is 4.96. The summed E-state index contributed by atoms with van der Waals surface area (Å²) in [6, 6.07) is 16.8. The van der Waals surface area contributed by atoms with E-state index in [0.29, 0.717) is 35.8 Å². The number of hydrogen-bond donors (Lipinski definition) is 1. The van der Waals surface area contributed by atoms with E-state index in [2.05, 4.69) is 15.5 Å². The zero-order valence-electron chi connectivity index (χ0n) is 17.0. The summed E-state index contributed by atoms with van der Waals surface area (Å²) in [7, 11) is 0. The number of amides is 1. The first-order valence-electron chi connectivity index (χ1n) is 10.1. The van der Waals surface area contributed by atoms with Gasteiger partial charge >= 0.3 is 5.56 Å². The molecule has 7 nitrogen and oxygen atoms in total. The third-order valence-corrected chi connectivity index (χ3v) is 5.38. The number of carbonyl (C=O) groups is 1. The molecule has 0 bridgehead atoms. The van der Waals surface area contributed by atoms with Crippen LogP contribution < -0.4 is 10.9 Å². The van der Waals surface area contributed by atoms with Gasteiger partial charge in [0.05, 0.1) is 6.04 Å². The zero-order valence-corrected chi connectivity index (χ0v) is 17.8. The fourth-order valence-electron chi connectivity index (χ4n) is 3.46. The maximum absolute atomic E-state index is 12.8. The Bertz CT molecular complexity index is 1250. The molecule has 8 heteroatoms. The molecule has 0 spiro atoms. The topological polar surface area (TPSA) is 81.3 Å². The van der Waals surface area contributed by atoms with Crippen molar-refractivity contribution in [3.8, 4) is 5.69 Å². The summed E-state index contributed by atoms with van der Waals surface area (Å²) < 4.78 is 3.18. The summed E-state index contributed by atoms with van der Waals surface area (Å²) >= 11 is 5.92. The third-order valence-electron chi connectivity index (χ3n) is 5.13. The van der Waals surface area contributed by atoms with E-state index in [0.717, 1.165) is 5.56 Å². The Hall–Kier alpha value is -3.45. The Morgan fingerprint density at radius 1 is 1.06 bits per heavy atom. The summed E-state index contributed by atoms with van der Waals surface area (Å²) in [5, 5.41) is 11.8. The van der Waals surface area contributed by atoms with Crippen LogP contribution in [0.3, 0.4) is 0 Å². The van der Waals surface area contributed by atoms with Crippen LogP contribution in [0, 0.1) is 0 Å². The lowest BCUT2D eigenvalue weighted by molar-refractivity contribution is -0.121. The van der Waals surface area contributed by atoms with Gasteiger partial charge in [0.15, 0.2) is 0 Å². The Morgan fingerprint density at radius 2 is 1.81 bits per heavy atom. The van der Waals surface area contributed by atoms with E-state index in [1.807, 2.05) is 37.3 Å². The van der Waals surface area contributed by atoms with Crippen molar-refractivity contribution >= 4 is 23.2 Å². The second-order valence-corrected chi connectivity index (χ2v) is 7.75. The Kier molecular flexibility index (Phi) is 6.13. The van der Waals surface area contributed by atoms with E-state index >= 15 is 0 Å². The van der Waals surface area contributed by atoms with Crippen LogP contribution in [0.5, 0.6) is 0 Å². The number of aromatic nitrogens is 4. The molecule has 1 amide bonds. The number of aryl methyl sites for hydroxylation is 1. The van der Waals surface area contributed by atoms with Gasteiger partial charge in [-0.2, -0.15) is 0 Å². The van der Waals surface area contributed by atoms with Crippen LogP contribution in [-0.2, 0) is 11.2 Å². The SMILES string of the molecule is C[C@H](NC(=O)CCCc1nnc2c(=O)n(-c3ccc(Cl)cc3)ccn12)c1ccccc1. The first kappa shape index (κ1) is 20.8. The number of rotatable bonds is 7. The maximum Gasteiger partial charge on any atom is 0.300 e. The Balaban J connectivity index is 1.40. The minimum Gasteiger partial charge on any atom is -0.350 e. The van der Waals surface area contributed by atoms with Crippen molar-refractivity contribution in [1.82, 2.24) is 24.5 Å². The Morgan fingerprint density at radius 3 is 2.55 bits per heavy atom. The number of nitrogens with zero attached hydrogens (tertiary/aromatic N) is 4. The number of carbonyl (C=O) groups excluding carboxylic acids is 1. The molecule has 0 aliphatic rings. The maximum atomic E-state index is 12.8. The number of hydrogen-bond acceptors (Lipinski definition) is 4. The number of nitrogens with one attached hydrogen (secondary N) is 1. The lowest BCUT2D eigenvalue weighted by Crippen LogP contribution is -2.26. The molecule has 0 saturated carbocycles. The quantitative estimate of drug-likeness (QED) is 0.479. The predicted molar refractivity (Wildman–Crippen MR) is 120 cm³/mol. The molecule has 2 heterocycles. The first-order valence-corrected chi connectivity index (χ1v) is 10.5. The Labute approximate surface area is 184 Å². The van der Waals surface area contributed by atoms with Crippen LogP contribution in [0.15, 0.2) is 71.8 Å². The van der Waals surface area contributed by atoms with Gasteiger partial charge in [-0.05, 0) is 43.2 Å². The van der Waals surface area contributed by atoms with Gasteiger partial charge in [-0.15, -0.1) is 10.2 Å². The molecule has 31 heavy (non-hydrogen) atoms. The average molecular weight is 436 g/mol. The van der Waals surface area contributed by atoms with Crippen molar-refractivity contribution in [2.75, 3.05) is 0 Å². The van der Waals surface area contributed by atoms with E-state index in [4.69, 9.17) is 11.6 Å². The molecule has 0 fully saturated rings. The van der Waals surface area contributed by atoms with Gasteiger partial charge in [-0.3, -0.25) is 18.6 Å². The van der Waals surface area contributed by atoms with Gasteiger partial charge in [0.1, 0.15) is 5.82 Å². The van der Waals surface area contributed by atoms with Crippen LogP contribution >= 0.6 is 11.6 Å². The van der Waals surface area contributed by atoms with E-state index in [1.54, 1.807) is 41.1 Å². The standard InChI is InChI=1S/C23H22ClN5O2/c1-16(17-6-3-2-4-7-17)25-21(30)9-5-8-20-26-27-22-23(31)28(14-15-29(20)22)19-12-10-18(24)11-13-19/h2-4,6-7,10-16H,5,8-9H2,1H3,(H,25,30)/t16-/m0/s1. The molecule has 158 valence electrons. The van der Waals surface area contributed by atoms with E-state index < -0.39 is 0 Å². The average Bonchev–Trinajstić information content (AvgIpc) is 3.19. The van der Waals surface area contributed by atoms with Gasteiger partial charge in [-0.25, -0.2) is 0 Å². The van der Waals surface area contributed by atoms with Crippen molar-refractivity contribution in [3.63, 3.8) is 0 Å². The third kappa shape index (κ3) is 4.67. The van der Waals surface area contributed by atoms with Crippen LogP contribution in [0.2, 0.25) is 5.02 Å². The molecule has 2 aromatic heterocycles. The number of halogens is 1. The fourth-order valence-corrected chi connectivity index (χ4v) is 3.58. The van der Waals surface area contributed by atoms with Gasteiger partial charge in [0, 0.05) is 35.9 Å². The second kappa shape index (κ2) is 9.14. The van der Waals surface area contributed by atoms with Gasteiger partial charge in [0.25, 0.3) is 0 Å². The molecular formula is C23H22ClN5O2. The highest BCUT2D eigenvalue weighted by atomic mass is 35.5. The van der Waals surface area contributed by atoms with E-state index in [9.17, 15) is 9.59 Å². The number of fused-ring (bicyclic) bond motifs is 1. The summed E-state index contributed by atoms with van der Waals surface area (Å²) in [5.74, 6) is 0.634. The lowest BCUT2D eigenvalue weighted by Gasteiger charge is -2.14. The molecule has 0 unspecified atom stereocenters. The zero-order chi connectivity index (χ0) is 21.8. The van der Waals surface area contributed by atoms with Crippen LogP contribution in [0.4, 0.5) is 0 Å². The van der Waals surface area contributed by atoms with Crippen LogP contribution in [-0.4, -0.2) is 25.1 Å². The molecule has 4 rings (SSSR count). The highest BCUT2D eigenvalue weighted by molar-refractivity contribution is 6.30. The van der Waals surface area contributed by atoms with Crippen molar-refractivity contribution in [2.45, 2.75) is 32.2 Å². The van der Waals surface area contributed by atoms with E-state index in [1.165, 1.54) is 4.57 Å². The van der Waals surface area contributed by atoms with Crippen molar-refractivity contribution in [1.29, 1.82) is 0 Å². The molecule has 1 N–H and O–H groups in total. The fraction of sp³-hybridized carbons (Fsp3) is 0.217. The van der Waals surface area contributed by atoms with Crippen LogP contribution in [0.25, 0.3) is 11.3 Å². The molecule has 0 aliphatic carbocycles. The summed E-state index contributed by atoms with van der Waals surface area (Å²) in [6.45, 7) is 1.96. The molecule has 4 aromatic rings. The highest BCUT2D eigenvalue weighted by Crippen LogP contribution is 2.14. The molecule has 2 aromatic carbocycles. The van der Waals surface area contributed by atoms with Crippen molar-refractivity contribution in [3.05, 3.63) is 93.8 Å². The molecule has 1 atom stereocenters. The first-order chi connectivity index (χ1) is 15.0. The minimum absolute atomic E-state index is 0.0183. The van der Waals surface area contributed by atoms with Crippen molar-refractivity contribution < 1.29 is 4.79 Å². The highest BCUT2D eigenvalue weighted by Gasteiger charge is 2.13. The van der Waals surface area contributed by atoms with Gasteiger partial charge in [-0.1, -0.05) is 41.9 Å². The summed E-state index contributed by atoms with van der Waals surface area (Å²) in [4.78, 5) is 25.1. The largest absolute Gasteiger partial charge is 0.350 e. The molecule has 0 aliphatic heterocycles. The van der Waals surface area contributed by atoms with E-state index in [-0.39, 0.29) is 23.2 Å². The van der Waals surface area contributed by atoms with Crippen molar-refractivity contribution in [2.24, 2.45) is 0 Å². The second-order valence-electron chi connectivity index (χ2n) is 7.31. The number of benzene rings is 2. The van der Waals surface area contributed by atoms with Gasteiger partial charge < -0.3 is 5.32 Å². The molecule has 0 saturated heterocycles. The molecule has 0 radical (unpaired) electrons. The van der Waals surface area contributed by atoms with Gasteiger partial charge in [0.2, 0.25) is 11.6 Å². The normalized spacial score (nSPS) is 12.1. The predicted octanol–water partition coefficient (Wildman–Crippen LogP) is 3.73. The minimum atomic E-state index is -0.266. The van der Waals surface area contributed by atoms with Crippen LogP contribution in [0.1, 0.15) is 37.2 Å².